The van der Waals surface area contributed by atoms with Crippen LogP contribution in [0.5, 0.6) is 34.5 Å². The van der Waals surface area contributed by atoms with Crippen LogP contribution in [0.2, 0.25) is 0 Å². The van der Waals surface area contributed by atoms with Crippen LogP contribution in [0.15, 0.2) is 512 Å². The van der Waals surface area contributed by atoms with Gasteiger partial charge in [-0.25, -0.2) is 0 Å². The molecule has 141 heavy (non-hydrogen) atoms. The molecule has 3 atom stereocenters. The fraction of sp³-hybridized carbons (Fsp3) is 0.0222. The number of rotatable bonds is 20. The Kier molecular flexibility index (Phi) is 19.2. The topological polar surface area (TPSA) is 55.4 Å². The molecule has 662 valence electrons. The lowest BCUT2D eigenvalue weighted by Gasteiger charge is -2.35. The second-order valence-corrected chi connectivity index (χ2v) is 37.3. The van der Waals surface area contributed by atoms with Gasteiger partial charge >= 0.3 is 0 Å². The number of hydrogen-bond donors (Lipinski definition) is 0. The molecule has 6 nitrogen and oxygen atoms in total. The third-order valence-electron chi connectivity index (χ3n) is 29.9. The Morgan fingerprint density at radius 2 is 0.397 bits per heavy atom. The standard InChI is InChI=1S/C135H86O6/c1-3-136-111-55-39-93-69-105(49-33-99(93)75-111)133(125-63-47-86-22-10-14-30-118(86)130(125)124-82-90-26-6-8-28-92(90)84-128(124)133)106-50-34-101-77-113(57-41-94(101)70-106)138-65-17-18-67-140-115-59-43-97-73-109(53-37-103(97)79-115)135(127-83-91-27-7-5-25-89(91)81-123(127)121-61-45-87-23-11-15-31-119(87)131(121)135)110-54-38-104-80-116(60-44-98(104)74-110)141-68-20-19-66-139-114-58-42-96-72-108(52-36-102(96)78-114)134(107-51-35-100-76-112(137-4-2)56-40-95(100)71-107)126-64-48-85-21-9-13-29-117(85)129(126)122-62-46-88-24-12-16-32-120(88)132(122)134/h3-84H,1-2H2/b65-17+,66-19+,67-18+,68-20+/t133?,134?,135-/m1/s1. The van der Waals surface area contributed by atoms with Gasteiger partial charge in [-0.2, -0.15) is 0 Å². The lowest BCUT2D eigenvalue weighted by Crippen LogP contribution is -2.29. The fourth-order valence-corrected chi connectivity index (χ4v) is 23.8. The van der Waals surface area contributed by atoms with Crippen molar-refractivity contribution in [1.82, 2.24) is 0 Å². The van der Waals surface area contributed by atoms with Crippen molar-refractivity contribution < 1.29 is 28.4 Å². The number of allylic oxidation sites excluding steroid dienone is 4. The summed E-state index contributed by atoms with van der Waals surface area (Å²) in [7, 11) is 0. The van der Waals surface area contributed by atoms with E-state index in [9.17, 15) is 0 Å². The number of benzene rings is 24. The molecular formula is C135H86O6. The van der Waals surface area contributed by atoms with Crippen molar-refractivity contribution in [3.63, 3.8) is 0 Å². The number of hydrogen-bond acceptors (Lipinski definition) is 6. The van der Waals surface area contributed by atoms with E-state index in [0.29, 0.717) is 0 Å². The average Bonchev–Trinajstić information content (AvgIpc) is 1.53. The van der Waals surface area contributed by atoms with Crippen molar-refractivity contribution in [3.8, 4) is 67.9 Å². The molecule has 3 aliphatic rings. The first-order chi connectivity index (χ1) is 69.7. The van der Waals surface area contributed by atoms with Gasteiger partial charge in [-0.05, 0) is 387 Å². The maximum atomic E-state index is 6.40. The van der Waals surface area contributed by atoms with Gasteiger partial charge in [0.05, 0.1) is 53.8 Å². The Morgan fingerprint density at radius 3 is 0.759 bits per heavy atom. The molecule has 0 fully saturated rings. The van der Waals surface area contributed by atoms with Crippen LogP contribution in [-0.2, 0) is 16.2 Å². The van der Waals surface area contributed by atoms with Crippen LogP contribution in [0.25, 0.3) is 163 Å². The Labute approximate surface area is 814 Å². The van der Waals surface area contributed by atoms with Crippen molar-refractivity contribution >= 4 is 129 Å². The van der Waals surface area contributed by atoms with Crippen molar-refractivity contribution in [1.29, 1.82) is 0 Å². The minimum atomic E-state index is -0.748. The van der Waals surface area contributed by atoms with E-state index >= 15 is 0 Å². The SMILES string of the molecule is C=COc1ccc2cc(C3(c4ccc5cc(O/C=C/C=C/Oc6ccc7cc([C@@]8(c9ccc%10cc(O/C=C/C=C/Oc%11ccc%12cc(C%13(c%14ccc%15cc(OC=C)ccc%15c%14)c%14ccc%15ccccc%15c%14-c%14ccc%15ccccc%15c%14%13)ccc%12c%11)ccc%10c9)c9cc%10ccccc%10cc9-c9ccc%10ccccc%10c98)ccc7c6)ccc5c4)c4cc5ccccc5cc4-c4c3ccc3ccccc43)ccc2c1. The molecule has 24 aromatic rings. The van der Waals surface area contributed by atoms with Crippen molar-refractivity contribution in [3.05, 3.63) is 579 Å². The smallest absolute Gasteiger partial charge is 0.127 e. The van der Waals surface area contributed by atoms with E-state index in [1.807, 2.05) is 36.4 Å². The highest BCUT2D eigenvalue weighted by Crippen LogP contribution is 2.64. The van der Waals surface area contributed by atoms with E-state index in [2.05, 4.69) is 438 Å². The first-order valence-electron chi connectivity index (χ1n) is 48.0. The predicted molar refractivity (Wildman–Crippen MR) is 582 cm³/mol. The monoisotopic (exact) mass is 1800 g/mol. The summed E-state index contributed by atoms with van der Waals surface area (Å²) in [4.78, 5) is 0. The van der Waals surface area contributed by atoms with Crippen molar-refractivity contribution in [2.24, 2.45) is 0 Å². The summed E-state index contributed by atoms with van der Waals surface area (Å²) >= 11 is 0. The molecule has 6 heteroatoms. The van der Waals surface area contributed by atoms with Gasteiger partial charge in [-0.3, -0.25) is 0 Å². The predicted octanol–water partition coefficient (Wildman–Crippen LogP) is 34.6. The molecule has 0 heterocycles. The third-order valence-corrected chi connectivity index (χ3v) is 29.9. The summed E-state index contributed by atoms with van der Waals surface area (Å²) in [6.45, 7) is 7.63. The van der Waals surface area contributed by atoms with Gasteiger partial charge in [-0.1, -0.05) is 316 Å². The lowest BCUT2D eigenvalue weighted by atomic mass is 9.66. The van der Waals surface area contributed by atoms with Crippen LogP contribution < -0.4 is 28.4 Å². The maximum Gasteiger partial charge on any atom is 0.127 e. The van der Waals surface area contributed by atoms with Crippen LogP contribution in [0, 0.1) is 0 Å². The van der Waals surface area contributed by atoms with E-state index in [0.717, 1.165) is 99.1 Å². The largest absolute Gasteiger partial charge is 0.466 e. The number of fused-ring (bicyclic) bond motifs is 25. The van der Waals surface area contributed by atoms with Crippen LogP contribution in [0.3, 0.4) is 0 Å². The Morgan fingerprint density at radius 1 is 0.163 bits per heavy atom. The van der Waals surface area contributed by atoms with Crippen molar-refractivity contribution in [2.75, 3.05) is 0 Å². The highest BCUT2D eigenvalue weighted by Gasteiger charge is 2.51. The van der Waals surface area contributed by atoms with Gasteiger partial charge in [0.25, 0.3) is 0 Å². The van der Waals surface area contributed by atoms with Crippen molar-refractivity contribution in [2.45, 2.75) is 16.2 Å². The second kappa shape index (κ2) is 33.0. The summed E-state index contributed by atoms with van der Waals surface area (Å²) in [5.74, 6) is 4.40. The van der Waals surface area contributed by atoms with Gasteiger partial charge < -0.3 is 28.4 Å². The molecule has 3 aliphatic carbocycles. The van der Waals surface area contributed by atoms with Crippen LogP contribution >= 0.6 is 0 Å². The van der Waals surface area contributed by atoms with E-state index in [4.69, 9.17) is 28.4 Å². The molecule has 0 aromatic heterocycles. The number of ether oxygens (including phenoxy) is 6. The minimum absolute atomic E-state index is 0.673. The first kappa shape index (κ1) is 82.1. The van der Waals surface area contributed by atoms with Crippen LogP contribution in [0.4, 0.5) is 0 Å². The molecule has 27 rings (SSSR count). The molecule has 24 aromatic carbocycles. The zero-order chi connectivity index (χ0) is 93.4. The Hall–Kier alpha value is -18.4. The minimum Gasteiger partial charge on any atom is -0.466 e. The summed E-state index contributed by atoms with van der Waals surface area (Å²) < 4.78 is 37.0. The Bertz CT molecular complexity index is 9550. The highest BCUT2D eigenvalue weighted by molar-refractivity contribution is 6.12. The van der Waals surface area contributed by atoms with E-state index in [-0.39, 0.29) is 0 Å². The van der Waals surface area contributed by atoms with Gasteiger partial charge in [-0.15, -0.1) is 0 Å². The van der Waals surface area contributed by atoms with Crippen LogP contribution in [0.1, 0.15) is 66.8 Å². The molecule has 0 saturated heterocycles. The lowest BCUT2D eigenvalue weighted by molar-refractivity contribution is 0.476. The second-order valence-electron chi connectivity index (χ2n) is 37.3. The van der Waals surface area contributed by atoms with E-state index < -0.39 is 16.2 Å². The summed E-state index contributed by atoms with van der Waals surface area (Å²) in [6, 6.07) is 161. The normalized spacial score (nSPS) is 15.7. The quantitative estimate of drug-likeness (QED) is 0.0560. The molecule has 0 radical (unpaired) electrons. The zero-order valence-electron chi connectivity index (χ0n) is 76.7. The molecular weight excluding hydrogens is 1720 g/mol. The molecule has 0 spiro atoms. The van der Waals surface area contributed by atoms with E-state index in [1.165, 1.54) is 177 Å². The molecule has 0 aliphatic heterocycles. The molecule has 0 amide bonds. The van der Waals surface area contributed by atoms with E-state index in [1.54, 1.807) is 25.0 Å². The summed E-state index contributed by atoms with van der Waals surface area (Å²) in [6.07, 6.45) is 17.2. The fourth-order valence-electron chi connectivity index (χ4n) is 23.8. The summed E-state index contributed by atoms with van der Waals surface area (Å²) in [5.41, 5.74) is 20.0. The average molecular weight is 1800 g/mol. The zero-order valence-corrected chi connectivity index (χ0v) is 76.7. The molecule has 0 bridgehead atoms. The van der Waals surface area contributed by atoms with Gasteiger partial charge in [0.2, 0.25) is 0 Å². The highest BCUT2D eigenvalue weighted by atomic mass is 16.5. The maximum absolute atomic E-state index is 6.40. The van der Waals surface area contributed by atoms with Gasteiger partial charge in [0, 0.05) is 0 Å². The molecule has 0 N–H and O–H groups in total. The third kappa shape index (κ3) is 13.2. The van der Waals surface area contributed by atoms with Gasteiger partial charge in [0.1, 0.15) is 34.5 Å². The molecule has 0 saturated carbocycles. The molecule has 2 unspecified atom stereocenters. The van der Waals surface area contributed by atoms with Gasteiger partial charge in [0.15, 0.2) is 0 Å². The van der Waals surface area contributed by atoms with Crippen LogP contribution in [-0.4, -0.2) is 0 Å². The first-order valence-corrected chi connectivity index (χ1v) is 48.0. The summed E-state index contributed by atoms with van der Waals surface area (Å²) in [5, 5.41) is 27.6. The Balaban J connectivity index is 0.456.